The zero-order chi connectivity index (χ0) is 20.1. The SMILES string of the molecule is O=C(O)C(F)(C1CCc2c([nH]c3ccc(Cl)cc23)C1)S(=O)(=O)c1cccnc1. The number of halogens is 2. The Balaban J connectivity index is 1.78. The number of hydrogen-bond acceptors (Lipinski definition) is 4. The van der Waals surface area contributed by atoms with E-state index in [1.165, 1.54) is 12.3 Å². The standard InChI is InChI=1S/C19H16ClFN2O4S/c20-12-4-6-16-15(9-12)14-5-3-11(8-17(14)23-16)19(21,18(24)25)28(26,27)13-2-1-7-22-10-13/h1-2,4,6-7,9-11,23H,3,5,8H2,(H,24,25). The van der Waals surface area contributed by atoms with E-state index in [2.05, 4.69) is 9.97 Å². The Morgan fingerprint density at radius 2 is 2.14 bits per heavy atom. The largest absolute Gasteiger partial charge is 0.478 e. The minimum Gasteiger partial charge on any atom is -0.478 e. The quantitative estimate of drug-likeness (QED) is 0.669. The molecule has 28 heavy (non-hydrogen) atoms. The second-order valence-electron chi connectivity index (χ2n) is 6.85. The summed E-state index contributed by atoms with van der Waals surface area (Å²) >= 11 is 6.05. The van der Waals surface area contributed by atoms with Crippen molar-refractivity contribution in [2.45, 2.75) is 29.2 Å². The van der Waals surface area contributed by atoms with Crippen molar-refractivity contribution in [2.75, 3.05) is 0 Å². The van der Waals surface area contributed by atoms with E-state index in [0.717, 1.165) is 28.7 Å². The monoisotopic (exact) mass is 422 g/mol. The maximum Gasteiger partial charge on any atom is 0.358 e. The predicted octanol–water partition coefficient (Wildman–Crippen LogP) is 3.55. The van der Waals surface area contributed by atoms with Gasteiger partial charge in [-0.25, -0.2) is 17.6 Å². The van der Waals surface area contributed by atoms with Crippen LogP contribution >= 0.6 is 11.6 Å². The van der Waals surface area contributed by atoms with Crippen molar-refractivity contribution >= 4 is 38.3 Å². The van der Waals surface area contributed by atoms with Crippen LogP contribution in [-0.4, -0.2) is 34.5 Å². The van der Waals surface area contributed by atoms with Gasteiger partial charge in [0, 0.05) is 39.9 Å². The molecule has 3 aromatic rings. The normalized spacial score (nSPS) is 19.1. The molecule has 2 aromatic heterocycles. The maximum absolute atomic E-state index is 15.8. The fourth-order valence-electron chi connectivity index (χ4n) is 3.91. The molecule has 0 fully saturated rings. The molecule has 2 atom stereocenters. The molecule has 1 aromatic carbocycles. The van der Waals surface area contributed by atoms with Gasteiger partial charge in [-0.2, -0.15) is 0 Å². The molecule has 1 aliphatic carbocycles. The number of nitrogens with one attached hydrogen (secondary N) is 1. The minimum atomic E-state index is -4.80. The highest BCUT2D eigenvalue weighted by Gasteiger charge is 2.59. The average Bonchev–Trinajstić information content (AvgIpc) is 3.04. The van der Waals surface area contributed by atoms with Gasteiger partial charge in [-0.05, 0) is 55.2 Å². The van der Waals surface area contributed by atoms with E-state index < -0.39 is 31.6 Å². The lowest BCUT2D eigenvalue weighted by Crippen LogP contribution is -2.50. The third-order valence-electron chi connectivity index (χ3n) is 5.30. The van der Waals surface area contributed by atoms with Crippen molar-refractivity contribution in [3.63, 3.8) is 0 Å². The predicted molar refractivity (Wildman–Crippen MR) is 102 cm³/mol. The van der Waals surface area contributed by atoms with Crippen LogP contribution in [0.3, 0.4) is 0 Å². The van der Waals surface area contributed by atoms with Gasteiger partial charge in [0.1, 0.15) is 0 Å². The van der Waals surface area contributed by atoms with Gasteiger partial charge >= 0.3 is 11.0 Å². The van der Waals surface area contributed by atoms with E-state index >= 15 is 4.39 Å². The summed E-state index contributed by atoms with van der Waals surface area (Å²) in [5.41, 5.74) is 2.35. The first-order chi connectivity index (χ1) is 13.2. The van der Waals surface area contributed by atoms with Gasteiger partial charge in [0.05, 0.1) is 4.90 Å². The molecule has 0 amide bonds. The zero-order valence-corrected chi connectivity index (χ0v) is 16.1. The summed E-state index contributed by atoms with van der Waals surface area (Å²) in [6.45, 7) is 0. The molecule has 2 heterocycles. The smallest absolute Gasteiger partial charge is 0.358 e. The number of alkyl halides is 1. The number of pyridine rings is 1. The average molecular weight is 423 g/mol. The third kappa shape index (κ3) is 2.70. The van der Waals surface area contributed by atoms with Crippen LogP contribution in [0.5, 0.6) is 0 Å². The van der Waals surface area contributed by atoms with E-state index in [-0.39, 0.29) is 12.8 Å². The first-order valence-electron chi connectivity index (χ1n) is 8.61. The first kappa shape index (κ1) is 18.9. The third-order valence-corrected chi connectivity index (χ3v) is 7.69. The lowest BCUT2D eigenvalue weighted by atomic mass is 9.83. The molecule has 0 saturated carbocycles. The van der Waals surface area contributed by atoms with Crippen LogP contribution in [0.1, 0.15) is 17.7 Å². The number of aryl methyl sites for hydroxylation is 1. The molecule has 1 aliphatic rings. The van der Waals surface area contributed by atoms with Gasteiger partial charge in [0.15, 0.2) is 0 Å². The molecule has 9 heteroatoms. The number of rotatable bonds is 4. The summed E-state index contributed by atoms with van der Waals surface area (Å²) in [5, 5.41) is 7.59. The lowest BCUT2D eigenvalue weighted by Gasteiger charge is -2.32. The Labute approximate surface area is 165 Å². The van der Waals surface area contributed by atoms with Crippen molar-refractivity contribution < 1.29 is 22.7 Å². The lowest BCUT2D eigenvalue weighted by molar-refractivity contribution is -0.148. The topological polar surface area (TPSA) is 100 Å². The molecule has 0 saturated heterocycles. The molecule has 2 unspecified atom stereocenters. The Morgan fingerprint density at radius 1 is 1.36 bits per heavy atom. The minimum absolute atomic E-state index is 0.0378. The molecular weight excluding hydrogens is 407 g/mol. The first-order valence-corrected chi connectivity index (χ1v) is 10.5. The van der Waals surface area contributed by atoms with Crippen LogP contribution in [0, 0.1) is 5.92 Å². The van der Waals surface area contributed by atoms with E-state index in [4.69, 9.17) is 11.6 Å². The molecule has 146 valence electrons. The van der Waals surface area contributed by atoms with Crippen molar-refractivity contribution in [2.24, 2.45) is 5.92 Å². The summed E-state index contributed by atoms with van der Waals surface area (Å²) < 4.78 is 41.6. The number of aliphatic carboxylic acids is 1. The van der Waals surface area contributed by atoms with Crippen LogP contribution in [0.2, 0.25) is 5.02 Å². The van der Waals surface area contributed by atoms with Gasteiger partial charge in [-0.15, -0.1) is 0 Å². The highest BCUT2D eigenvalue weighted by atomic mass is 35.5. The van der Waals surface area contributed by atoms with Crippen LogP contribution in [0.25, 0.3) is 10.9 Å². The van der Waals surface area contributed by atoms with Crippen molar-refractivity contribution in [1.82, 2.24) is 9.97 Å². The Kier molecular flexibility index (Phi) is 4.43. The van der Waals surface area contributed by atoms with E-state index in [1.807, 2.05) is 0 Å². The van der Waals surface area contributed by atoms with Crippen LogP contribution < -0.4 is 0 Å². The summed E-state index contributed by atoms with van der Waals surface area (Å²) in [5.74, 6) is -3.25. The number of aromatic amines is 1. The number of carbonyl (C=O) groups is 1. The van der Waals surface area contributed by atoms with Gasteiger partial charge in [-0.3, -0.25) is 4.98 Å². The Bertz CT molecular complexity index is 1180. The molecule has 6 nitrogen and oxygen atoms in total. The van der Waals surface area contributed by atoms with Crippen molar-refractivity contribution in [3.8, 4) is 0 Å². The molecule has 0 bridgehead atoms. The van der Waals surface area contributed by atoms with Crippen LogP contribution in [0.4, 0.5) is 4.39 Å². The number of carboxylic acids is 1. The number of carboxylic acid groups (broad SMARTS) is 1. The number of fused-ring (bicyclic) bond motifs is 3. The second kappa shape index (κ2) is 6.56. The molecule has 4 rings (SSSR count). The Morgan fingerprint density at radius 3 is 2.82 bits per heavy atom. The molecule has 0 spiro atoms. The highest BCUT2D eigenvalue weighted by Crippen LogP contribution is 2.43. The fraction of sp³-hybridized carbons (Fsp3) is 0.263. The molecule has 2 N–H and O–H groups in total. The molecule has 0 radical (unpaired) electrons. The summed E-state index contributed by atoms with van der Waals surface area (Å²) in [4.78, 5) is 18.3. The molecular formula is C19H16ClFN2O4S. The van der Waals surface area contributed by atoms with E-state index in [0.29, 0.717) is 17.1 Å². The summed E-state index contributed by atoms with van der Waals surface area (Å²) in [7, 11) is -4.80. The van der Waals surface area contributed by atoms with Crippen LogP contribution in [-0.2, 0) is 27.5 Å². The number of aromatic nitrogens is 2. The van der Waals surface area contributed by atoms with Gasteiger partial charge in [0.25, 0.3) is 0 Å². The van der Waals surface area contributed by atoms with Crippen molar-refractivity contribution in [3.05, 3.63) is 59.0 Å². The zero-order valence-electron chi connectivity index (χ0n) is 14.5. The van der Waals surface area contributed by atoms with Gasteiger partial charge in [0.2, 0.25) is 9.84 Å². The number of H-pyrrole nitrogens is 1. The molecule has 0 aliphatic heterocycles. The number of benzene rings is 1. The Hall–Kier alpha value is -2.45. The summed E-state index contributed by atoms with van der Waals surface area (Å²) in [6.07, 6.45) is 2.69. The van der Waals surface area contributed by atoms with Gasteiger partial charge < -0.3 is 10.1 Å². The number of sulfone groups is 1. The van der Waals surface area contributed by atoms with E-state index in [1.54, 1.807) is 18.2 Å². The highest BCUT2D eigenvalue weighted by molar-refractivity contribution is 7.93. The van der Waals surface area contributed by atoms with Gasteiger partial charge in [-0.1, -0.05) is 11.6 Å². The second-order valence-corrected chi connectivity index (χ2v) is 9.36. The number of nitrogens with zero attached hydrogens (tertiary/aromatic N) is 1. The number of hydrogen-bond donors (Lipinski definition) is 2. The van der Waals surface area contributed by atoms with Crippen LogP contribution in [0.15, 0.2) is 47.6 Å². The summed E-state index contributed by atoms with van der Waals surface area (Å²) in [6, 6.07) is 7.78. The maximum atomic E-state index is 15.8. The van der Waals surface area contributed by atoms with Crippen molar-refractivity contribution in [1.29, 1.82) is 0 Å². The van der Waals surface area contributed by atoms with E-state index in [9.17, 15) is 18.3 Å². The fourth-order valence-corrected chi connectivity index (χ4v) is 5.75.